The molecule has 1 unspecified atom stereocenters. The maximum Gasteiger partial charge on any atom is 0.250 e. The smallest absolute Gasteiger partial charge is 0.250 e. The van der Waals surface area contributed by atoms with E-state index in [-0.39, 0.29) is 0 Å². The highest BCUT2D eigenvalue weighted by Crippen LogP contribution is 2.23. The van der Waals surface area contributed by atoms with Crippen molar-refractivity contribution >= 4 is 21.4 Å². The lowest BCUT2D eigenvalue weighted by molar-refractivity contribution is 0.186. The normalized spacial score (nSPS) is 23.3. The van der Waals surface area contributed by atoms with E-state index < -0.39 is 10.0 Å². The van der Waals surface area contributed by atoms with E-state index in [0.29, 0.717) is 29.3 Å². The van der Waals surface area contributed by atoms with Gasteiger partial charge in [0.05, 0.1) is 6.61 Å². The molecule has 1 atom stereocenters. The highest BCUT2D eigenvalue weighted by atomic mass is 32.2. The molecule has 3 rings (SSSR count). The molecule has 1 saturated heterocycles. The number of nitrogens with one attached hydrogen (secondary N) is 2. The monoisotopic (exact) mass is 316 g/mol. The van der Waals surface area contributed by atoms with Crippen LogP contribution in [0.2, 0.25) is 0 Å². The van der Waals surface area contributed by atoms with Gasteiger partial charge in [0.2, 0.25) is 10.0 Å². The number of thiophene rings is 1. The summed E-state index contributed by atoms with van der Waals surface area (Å²) >= 11 is 1.29. The van der Waals surface area contributed by atoms with E-state index in [1.54, 1.807) is 6.07 Å². The highest BCUT2D eigenvalue weighted by Gasteiger charge is 2.23. The number of ether oxygens (including phenoxy) is 1. The molecule has 0 spiro atoms. The second-order valence-electron chi connectivity index (χ2n) is 5.51. The van der Waals surface area contributed by atoms with Crippen molar-refractivity contribution in [1.29, 1.82) is 0 Å². The number of hydrogen-bond acceptors (Lipinski definition) is 5. The first-order chi connectivity index (χ1) is 9.63. The second kappa shape index (κ2) is 6.11. The second-order valence-corrected chi connectivity index (χ2v) is 8.42. The maximum atomic E-state index is 12.2. The van der Waals surface area contributed by atoms with Gasteiger partial charge < -0.3 is 10.1 Å². The third-order valence-corrected chi connectivity index (χ3v) is 6.56. The van der Waals surface area contributed by atoms with Gasteiger partial charge in [0.15, 0.2) is 0 Å². The Kier molecular flexibility index (Phi) is 4.42. The van der Waals surface area contributed by atoms with E-state index in [1.165, 1.54) is 24.2 Å². The van der Waals surface area contributed by atoms with Crippen LogP contribution < -0.4 is 10.0 Å². The van der Waals surface area contributed by atoms with Crippen LogP contribution >= 0.6 is 11.3 Å². The third-order valence-electron chi connectivity index (χ3n) is 3.65. The van der Waals surface area contributed by atoms with Crippen LogP contribution in [-0.2, 0) is 21.3 Å². The average Bonchev–Trinajstić information content (AvgIpc) is 2.94. The molecular weight excluding hydrogens is 296 g/mol. The summed E-state index contributed by atoms with van der Waals surface area (Å²) in [6.07, 6.45) is 3.41. The van der Waals surface area contributed by atoms with Crippen molar-refractivity contribution in [3.8, 4) is 0 Å². The van der Waals surface area contributed by atoms with Gasteiger partial charge in [-0.15, -0.1) is 11.3 Å². The van der Waals surface area contributed by atoms with Gasteiger partial charge in [-0.05, 0) is 42.2 Å². The fraction of sp³-hybridized carbons (Fsp3) is 0.692. The molecule has 0 amide bonds. The zero-order chi connectivity index (χ0) is 14.0. The van der Waals surface area contributed by atoms with Gasteiger partial charge >= 0.3 is 0 Å². The lowest BCUT2D eigenvalue weighted by atomic mass is 10.1. The quantitative estimate of drug-likeness (QED) is 0.796. The zero-order valence-electron chi connectivity index (χ0n) is 11.3. The van der Waals surface area contributed by atoms with Crippen LogP contribution in [0.5, 0.6) is 0 Å². The molecule has 0 radical (unpaired) electrons. The first-order valence-electron chi connectivity index (χ1n) is 7.02. The van der Waals surface area contributed by atoms with Crippen molar-refractivity contribution in [3.63, 3.8) is 0 Å². The van der Waals surface area contributed by atoms with E-state index >= 15 is 0 Å². The maximum absolute atomic E-state index is 12.2. The summed E-state index contributed by atoms with van der Waals surface area (Å²) in [6.45, 7) is 2.62. The zero-order valence-corrected chi connectivity index (χ0v) is 12.9. The Morgan fingerprint density at radius 1 is 1.35 bits per heavy atom. The fourth-order valence-electron chi connectivity index (χ4n) is 2.18. The number of hydrogen-bond donors (Lipinski definition) is 2. The third kappa shape index (κ3) is 3.79. The summed E-state index contributed by atoms with van der Waals surface area (Å²) in [5.41, 5.74) is 1.05. The first-order valence-corrected chi connectivity index (χ1v) is 9.38. The van der Waals surface area contributed by atoms with Gasteiger partial charge in [-0.25, -0.2) is 13.1 Å². The van der Waals surface area contributed by atoms with Crippen molar-refractivity contribution in [2.75, 3.05) is 19.8 Å². The van der Waals surface area contributed by atoms with Crippen molar-refractivity contribution in [2.24, 2.45) is 5.92 Å². The van der Waals surface area contributed by atoms with Crippen LogP contribution in [0.4, 0.5) is 0 Å². The summed E-state index contributed by atoms with van der Waals surface area (Å²) in [5.74, 6) is 0.306. The predicted octanol–water partition coefficient (Wildman–Crippen LogP) is 1.31. The van der Waals surface area contributed by atoms with Crippen LogP contribution in [0, 0.1) is 5.92 Å². The van der Waals surface area contributed by atoms with E-state index in [2.05, 4.69) is 10.0 Å². The summed E-state index contributed by atoms with van der Waals surface area (Å²) in [5, 5.41) is 5.31. The Hall–Kier alpha value is -0.470. The average molecular weight is 316 g/mol. The molecule has 0 bridgehead atoms. The van der Waals surface area contributed by atoms with Crippen molar-refractivity contribution in [2.45, 2.75) is 36.1 Å². The van der Waals surface area contributed by atoms with Gasteiger partial charge in [-0.2, -0.15) is 0 Å². The molecule has 2 N–H and O–H groups in total. The minimum atomic E-state index is -3.36. The van der Waals surface area contributed by atoms with E-state index in [0.717, 1.165) is 25.1 Å². The summed E-state index contributed by atoms with van der Waals surface area (Å²) in [7, 11) is -3.36. The van der Waals surface area contributed by atoms with Crippen LogP contribution in [0.25, 0.3) is 0 Å². The van der Waals surface area contributed by atoms with Crippen molar-refractivity contribution < 1.29 is 13.2 Å². The fourth-order valence-corrected chi connectivity index (χ4v) is 4.55. The molecule has 1 aromatic rings. The molecular formula is C13H20N2O3S2. The Morgan fingerprint density at radius 3 is 2.90 bits per heavy atom. The molecule has 112 valence electrons. The van der Waals surface area contributed by atoms with Crippen molar-refractivity contribution in [3.05, 3.63) is 17.0 Å². The lowest BCUT2D eigenvalue weighted by Gasteiger charge is -2.08. The SMILES string of the molecule is O=S(=O)(NCC1CCOC1)c1cc(CNC2CC2)cs1. The van der Waals surface area contributed by atoms with Crippen LogP contribution in [0.1, 0.15) is 24.8 Å². The van der Waals surface area contributed by atoms with E-state index in [4.69, 9.17) is 4.74 Å². The molecule has 2 fully saturated rings. The lowest BCUT2D eigenvalue weighted by Crippen LogP contribution is -2.29. The molecule has 1 aromatic heterocycles. The minimum Gasteiger partial charge on any atom is -0.381 e. The van der Waals surface area contributed by atoms with Crippen LogP contribution in [0.3, 0.4) is 0 Å². The molecule has 1 saturated carbocycles. The molecule has 7 heteroatoms. The molecule has 0 aromatic carbocycles. The Balaban J connectivity index is 1.55. The van der Waals surface area contributed by atoms with Crippen LogP contribution in [0.15, 0.2) is 15.7 Å². The van der Waals surface area contributed by atoms with E-state index in [1.807, 2.05) is 5.38 Å². The van der Waals surface area contributed by atoms with Crippen molar-refractivity contribution in [1.82, 2.24) is 10.0 Å². The molecule has 2 heterocycles. The Labute approximate surface area is 123 Å². The summed E-state index contributed by atoms with van der Waals surface area (Å²) < 4.78 is 32.7. The molecule has 20 heavy (non-hydrogen) atoms. The van der Waals surface area contributed by atoms with Gasteiger partial charge in [0.25, 0.3) is 0 Å². The summed E-state index contributed by atoms with van der Waals surface area (Å²) in [4.78, 5) is 0. The Bertz CT molecular complexity index is 546. The standard InChI is InChI=1S/C13H20N2O3S2/c16-20(17,15-7-10-3-4-18-8-10)13-5-11(9-19-13)6-14-12-1-2-12/h5,9-10,12,14-15H,1-4,6-8H2. The van der Waals surface area contributed by atoms with Gasteiger partial charge in [-0.1, -0.05) is 0 Å². The van der Waals surface area contributed by atoms with Gasteiger partial charge in [-0.3, -0.25) is 0 Å². The van der Waals surface area contributed by atoms with E-state index in [9.17, 15) is 8.42 Å². The summed E-state index contributed by atoms with van der Waals surface area (Å²) in [6, 6.07) is 2.41. The minimum absolute atomic E-state index is 0.306. The molecule has 2 aliphatic rings. The predicted molar refractivity (Wildman–Crippen MR) is 78.3 cm³/mol. The topological polar surface area (TPSA) is 67.4 Å². The number of sulfonamides is 1. The molecule has 1 aliphatic heterocycles. The first kappa shape index (κ1) is 14.5. The molecule has 1 aliphatic carbocycles. The van der Waals surface area contributed by atoms with Gasteiger partial charge in [0, 0.05) is 25.7 Å². The molecule has 5 nitrogen and oxygen atoms in total. The van der Waals surface area contributed by atoms with Crippen LogP contribution in [-0.4, -0.2) is 34.2 Å². The highest BCUT2D eigenvalue weighted by molar-refractivity contribution is 7.91. The number of rotatable bonds is 7. The van der Waals surface area contributed by atoms with Gasteiger partial charge in [0.1, 0.15) is 4.21 Å². The Morgan fingerprint density at radius 2 is 2.20 bits per heavy atom. The largest absolute Gasteiger partial charge is 0.381 e.